The van der Waals surface area contributed by atoms with Gasteiger partial charge in [-0.2, -0.15) is 0 Å². The molecule has 48 heavy (non-hydrogen) atoms. The lowest BCUT2D eigenvalue weighted by Crippen LogP contribution is -2.66. The Morgan fingerprint density at radius 1 is 0.917 bits per heavy atom. The zero-order valence-corrected chi connectivity index (χ0v) is 31.4. The van der Waals surface area contributed by atoms with Crippen LogP contribution >= 0.6 is 0 Å². The van der Waals surface area contributed by atoms with Crippen LogP contribution in [0.15, 0.2) is 23.3 Å². The van der Waals surface area contributed by atoms with Crippen LogP contribution in [-0.2, 0) is 9.53 Å². The number of hydrogen-bond acceptors (Lipinski definition) is 4. The van der Waals surface area contributed by atoms with Crippen LogP contribution in [0.5, 0.6) is 0 Å². The molecule has 2 N–H and O–H groups in total. The van der Waals surface area contributed by atoms with Crippen LogP contribution in [0.2, 0.25) is 0 Å². The maximum atomic E-state index is 12.8. The third-order valence-corrected chi connectivity index (χ3v) is 15.8. The molecule has 0 spiro atoms. The number of allylic oxidation sites excluding steroid dienone is 1. The number of rotatable bonds is 2. The number of carbonyl (C=O) groups is 2. The van der Waals surface area contributed by atoms with E-state index in [0.717, 1.165) is 38.5 Å². The normalized spacial score (nSPS) is 43.5. The highest BCUT2D eigenvalue weighted by molar-refractivity contribution is 5.90. The van der Waals surface area contributed by atoms with Crippen LogP contribution in [0.25, 0.3) is 0 Å². The first-order valence-electron chi connectivity index (χ1n) is 19.0. The standard InChI is InChI=1S/C42H63NO5/c1-26(2)28-14-21-42(20-13-27-17-24-43(25-29(27)35(45)46)36(47)48-37(3,4)5)23-22-40(9)30(34(28)42)11-12-32-39(8)18-16-33(44)38(6,7)31(39)15-19-41(32,40)10/h28,30-34,44H,1,11-12,14-19,21-25H2,2-10H3,(H,45,46)/t28-,30?,31?,32?,33-,34?,39-,40+,41+,42+/m0/s1. The molecule has 4 unspecified atom stereocenters. The summed E-state index contributed by atoms with van der Waals surface area (Å²) < 4.78 is 5.56. The Hall–Kier alpha value is -2.26. The number of carboxylic acids is 1. The van der Waals surface area contributed by atoms with Crippen LogP contribution in [0.1, 0.15) is 133 Å². The van der Waals surface area contributed by atoms with E-state index in [2.05, 4.69) is 60.0 Å². The van der Waals surface area contributed by atoms with Crippen molar-refractivity contribution in [3.8, 4) is 11.8 Å². The fourth-order valence-electron chi connectivity index (χ4n) is 13.1. The fraction of sp³-hybridized carbons (Fsp3) is 0.810. The molecule has 1 amide bonds. The average Bonchev–Trinajstić information content (AvgIpc) is 3.38. The van der Waals surface area contributed by atoms with Gasteiger partial charge in [-0.3, -0.25) is 0 Å². The van der Waals surface area contributed by atoms with Crippen molar-refractivity contribution in [2.45, 2.75) is 145 Å². The minimum absolute atomic E-state index is 0.0209. The minimum atomic E-state index is -1.00. The highest BCUT2D eigenvalue weighted by Gasteiger charge is 2.70. The summed E-state index contributed by atoms with van der Waals surface area (Å²) in [7, 11) is 0. The largest absolute Gasteiger partial charge is 0.478 e. The smallest absolute Gasteiger partial charge is 0.410 e. The molecule has 0 radical (unpaired) electrons. The predicted octanol–water partition coefficient (Wildman–Crippen LogP) is 9.03. The summed E-state index contributed by atoms with van der Waals surface area (Å²) in [6.45, 7) is 25.2. The predicted molar refractivity (Wildman–Crippen MR) is 190 cm³/mol. The van der Waals surface area contributed by atoms with Crippen LogP contribution < -0.4 is 0 Å². The van der Waals surface area contributed by atoms with E-state index in [0.29, 0.717) is 48.1 Å². The van der Waals surface area contributed by atoms with E-state index in [-0.39, 0.29) is 45.3 Å². The van der Waals surface area contributed by atoms with E-state index in [1.165, 1.54) is 36.2 Å². The number of ether oxygens (including phenoxy) is 1. The Labute approximate surface area is 290 Å². The van der Waals surface area contributed by atoms with Crippen molar-refractivity contribution in [3.05, 3.63) is 23.3 Å². The second-order valence-corrected chi connectivity index (χ2v) is 19.4. The average molecular weight is 662 g/mol. The maximum absolute atomic E-state index is 12.8. The molecule has 6 rings (SSSR count). The molecule has 6 aliphatic rings. The van der Waals surface area contributed by atoms with E-state index in [1.54, 1.807) is 0 Å². The van der Waals surface area contributed by atoms with E-state index >= 15 is 0 Å². The van der Waals surface area contributed by atoms with Gasteiger partial charge in [-0.15, -0.1) is 0 Å². The van der Waals surface area contributed by atoms with Gasteiger partial charge in [0.25, 0.3) is 0 Å². The third-order valence-electron chi connectivity index (χ3n) is 15.8. The van der Waals surface area contributed by atoms with Crippen molar-refractivity contribution >= 4 is 12.1 Å². The lowest BCUT2D eigenvalue weighted by atomic mass is 9.32. The monoisotopic (exact) mass is 661 g/mol. The second kappa shape index (κ2) is 11.6. The van der Waals surface area contributed by atoms with Crippen molar-refractivity contribution in [2.24, 2.45) is 56.7 Å². The quantitative estimate of drug-likeness (QED) is 0.228. The lowest BCUT2D eigenvalue weighted by molar-refractivity contribution is -0.244. The van der Waals surface area contributed by atoms with Gasteiger partial charge in [0.1, 0.15) is 5.60 Å². The number of fused-ring (bicyclic) bond motifs is 7. The van der Waals surface area contributed by atoms with Crippen LogP contribution in [0.3, 0.4) is 0 Å². The Morgan fingerprint density at radius 2 is 1.62 bits per heavy atom. The molecule has 5 aliphatic carbocycles. The Balaban J connectivity index is 1.33. The van der Waals surface area contributed by atoms with Gasteiger partial charge >= 0.3 is 12.1 Å². The second-order valence-electron chi connectivity index (χ2n) is 19.4. The SMILES string of the molecule is C=C(C)[C@@H]1CC[C@]2(C#CC3=C(C(=O)O)CN(C(=O)OC(C)(C)C)CC3)CC[C@]3(C)C(CCC4[C@@]5(C)CC[C@H](O)C(C)(C)C5CC[C@]43C)C12. The Bertz CT molecular complexity index is 1460. The van der Waals surface area contributed by atoms with Crippen molar-refractivity contribution in [1.29, 1.82) is 0 Å². The van der Waals surface area contributed by atoms with E-state index in [9.17, 15) is 19.8 Å². The highest BCUT2D eigenvalue weighted by Crippen LogP contribution is 2.77. The molecule has 0 aromatic rings. The van der Waals surface area contributed by atoms with Crippen molar-refractivity contribution in [2.75, 3.05) is 13.1 Å². The first-order chi connectivity index (χ1) is 22.2. The summed E-state index contributed by atoms with van der Waals surface area (Å²) in [5, 5.41) is 21.3. The van der Waals surface area contributed by atoms with Gasteiger partial charge in [0.2, 0.25) is 0 Å². The third kappa shape index (κ3) is 5.30. The van der Waals surface area contributed by atoms with Gasteiger partial charge < -0.3 is 19.8 Å². The summed E-state index contributed by atoms with van der Waals surface area (Å²) in [5.74, 6) is 8.95. The number of aliphatic carboxylic acids is 1. The zero-order valence-electron chi connectivity index (χ0n) is 31.4. The summed E-state index contributed by atoms with van der Waals surface area (Å²) in [5.41, 5.74) is 2.01. The van der Waals surface area contributed by atoms with E-state index in [4.69, 9.17) is 4.74 Å². The van der Waals surface area contributed by atoms with Gasteiger partial charge in [0.05, 0.1) is 18.2 Å². The Kier molecular flexibility index (Phi) is 8.63. The molecule has 6 nitrogen and oxygen atoms in total. The number of aliphatic hydroxyl groups is 1. The number of carbonyl (C=O) groups excluding carboxylic acids is 1. The molecular formula is C42H63NO5. The van der Waals surface area contributed by atoms with E-state index in [1.807, 2.05) is 20.8 Å². The summed E-state index contributed by atoms with van der Waals surface area (Å²) in [4.78, 5) is 26.8. The molecule has 0 aromatic heterocycles. The van der Waals surface area contributed by atoms with E-state index < -0.39 is 17.7 Å². The molecule has 1 heterocycles. The van der Waals surface area contributed by atoms with Gasteiger partial charge in [0, 0.05) is 17.5 Å². The highest BCUT2D eigenvalue weighted by atomic mass is 16.6. The first kappa shape index (κ1) is 35.6. The fourth-order valence-corrected chi connectivity index (χ4v) is 13.1. The maximum Gasteiger partial charge on any atom is 0.410 e. The minimum Gasteiger partial charge on any atom is -0.478 e. The lowest BCUT2D eigenvalue weighted by Gasteiger charge is -2.72. The molecule has 266 valence electrons. The van der Waals surface area contributed by atoms with Gasteiger partial charge in [-0.25, -0.2) is 9.59 Å². The van der Waals surface area contributed by atoms with Crippen molar-refractivity contribution < 1.29 is 24.5 Å². The molecule has 5 saturated carbocycles. The number of aliphatic hydroxyl groups excluding tert-OH is 1. The molecular weight excluding hydrogens is 598 g/mol. The van der Waals surface area contributed by atoms with Crippen LogP contribution in [-0.4, -0.2) is 52.0 Å². The number of amides is 1. The molecule has 10 atom stereocenters. The summed E-state index contributed by atoms with van der Waals surface area (Å²) >= 11 is 0. The molecule has 1 aliphatic heterocycles. The number of nitrogens with zero attached hydrogens (tertiary/aromatic N) is 1. The van der Waals surface area contributed by atoms with Crippen molar-refractivity contribution in [1.82, 2.24) is 4.90 Å². The molecule has 6 heteroatoms. The molecule has 0 aromatic carbocycles. The van der Waals surface area contributed by atoms with Gasteiger partial charge in [-0.05, 0) is 150 Å². The molecule has 0 bridgehead atoms. The molecule has 5 fully saturated rings. The zero-order chi connectivity index (χ0) is 35.2. The van der Waals surface area contributed by atoms with Gasteiger partial charge in [0.15, 0.2) is 0 Å². The number of hydrogen-bond donors (Lipinski definition) is 2. The molecule has 0 saturated heterocycles. The number of carboxylic acid groups (broad SMARTS) is 1. The summed E-state index contributed by atoms with van der Waals surface area (Å²) in [6, 6.07) is 0. The topological polar surface area (TPSA) is 87.1 Å². The van der Waals surface area contributed by atoms with Crippen LogP contribution in [0, 0.1) is 68.5 Å². The van der Waals surface area contributed by atoms with Gasteiger partial charge in [-0.1, -0.05) is 58.6 Å². The van der Waals surface area contributed by atoms with Crippen molar-refractivity contribution in [3.63, 3.8) is 0 Å². The Morgan fingerprint density at radius 3 is 2.27 bits per heavy atom. The summed E-state index contributed by atoms with van der Waals surface area (Å²) in [6.07, 6.45) is 11.0. The van der Waals surface area contributed by atoms with Crippen LogP contribution in [0.4, 0.5) is 4.79 Å². The first-order valence-corrected chi connectivity index (χ1v) is 19.0.